The molecular formula is C46H55N5O8. The third kappa shape index (κ3) is 7.93. The molecule has 2 aliphatic heterocycles. The molecule has 5 heterocycles. The van der Waals surface area contributed by atoms with Gasteiger partial charge in [-0.15, -0.1) is 0 Å². The Kier molecular flexibility index (Phi) is 10.5. The summed E-state index contributed by atoms with van der Waals surface area (Å²) in [6, 6.07) is 15.7. The van der Waals surface area contributed by atoms with Gasteiger partial charge in [-0.3, -0.25) is 9.59 Å². The van der Waals surface area contributed by atoms with Crippen molar-refractivity contribution in [1.29, 1.82) is 0 Å². The number of nitrogens with zero attached hydrogens (tertiary/aromatic N) is 3. The fourth-order valence-corrected chi connectivity index (χ4v) is 8.46. The van der Waals surface area contributed by atoms with Crippen LogP contribution in [0.5, 0.6) is 11.8 Å². The van der Waals surface area contributed by atoms with Gasteiger partial charge in [0.2, 0.25) is 17.7 Å². The second-order valence-electron chi connectivity index (χ2n) is 17.5. The van der Waals surface area contributed by atoms with Crippen molar-refractivity contribution in [3.05, 3.63) is 116 Å². The molecule has 0 aliphatic carbocycles. The molecule has 13 heteroatoms. The molecular weight excluding hydrogens is 751 g/mol. The van der Waals surface area contributed by atoms with E-state index in [0.29, 0.717) is 24.4 Å². The summed E-state index contributed by atoms with van der Waals surface area (Å²) in [6.45, 7) is 20.9. The highest BCUT2D eigenvalue weighted by molar-refractivity contribution is 6.03. The number of aromatic nitrogens is 2. The molecule has 0 saturated heterocycles. The lowest BCUT2D eigenvalue weighted by Crippen LogP contribution is -2.32. The summed E-state index contributed by atoms with van der Waals surface area (Å²) in [5.74, 6) is 0.946. The van der Waals surface area contributed by atoms with Crippen LogP contribution in [0.4, 0.5) is 11.6 Å². The number of hydrogen-bond donors (Lipinski definition) is 2. The van der Waals surface area contributed by atoms with Crippen LogP contribution < -0.4 is 20.1 Å². The van der Waals surface area contributed by atoms with Gasteiger partial charge < -0.3 is 43.3 Å². The van der Waals surface area contributed by atoms with E-state index in [-0.39, 0.29) is 58.7 Å². The van der Waals surface area contributed by atoms with Crippen molar-refractivity contribution in [2.24, 2.45) is 0 Å². The quantitative estimate of drug-likeness (QED) is 0.116. The molecule has 7 rings (SSSR count). The van der Waals surface area contributed by atoms with Gasteiger partial charge >= 0.3 is 0 Å². The zero-order valence-electron chi connectivity index (χ0n) is 36.3. The van der Waals surface area contributed by atoms with Crippen molar-refractivity contribution in [1.82, 2.24) is 14.9 Å². The maximum absolute atomic E-state index is 13.5. The maximum atomic E-state index is 13.5. The Morgan fingerprint density at radius 2 is 1.08 bits per heavy atom. The van der Waals surface area contributed by atoms with Crippen molar-refractivity contribution >= 4 is 23.5 Å². The molecule has 2 N–H and O–H groups in total. The van der Waals surface area contributed by atoms with Gasteiger partial charge in [0, 0.05) is 19.9 Å². The molecule has 0 atom stereocenters. The van der Waals surface area contributed by atoms with E-state index < -0.39 is 17.1 Å². The van der Waals surface area contributed by atoms with Crippen LogP contribution in [-0.2, 0) is 44.7 Å². The Labute approximate surface area is 345 Å². The number of amides is 2. The Bertz CT molecular complexity index is 2430. The van der Waals surface area contributed by atoms with Crippen LogP contribution in [0.1, 0.15) is 133 Å². The summed E-state index contributed by atoms with van der Waals surface area (Å²) in [7, 11) is 4.47. The van der Waals surface area contributed by atoms with Crippen LogP contribution in [0.3, 0.4) is 0 Å². The first-order valence-corrected chi connectivity index (χ1v) is 19.8. The summed E-state index contributed by atoms with van der Waals surface area (Å²) in [5, 5.41) is 5.81. The van der Waals surface area contributed by atoms with Gasteiger partial charge in [-0.25, -0.2) is 0 Å². The zero-order chi connectivity index (χ0) is 42.8. The number of nitrogens with one attached hydrogen (secondary N) is 2. The van der Waals surface area contributed by atoms with E-state index >= 15 is 0 Å². The number of hydrogen-bond acceptors (Lipinski definition) is 11. The molecule has 0 fully saturated rings. The monoisotopic (exact) mass is 805 g/mol. The van der Waals surface area contributed by atoms with Crippen molar-refractivity contribution in [2.45, 2.75) is 104 Å². The summed E-state index contributed by atoms with van der Waals surface area (Å²) >= 11 is 0. The number of aryl methyl sites for hydroxylation is 2. The van der Waals surface area contributed by atoms with E-state index in [0.717, 1.165) is 33.4 Å². The second kappa shape index (κ2) is 14.9. The first-order valence-electron chi connectivity index (χ1n) is 19.8. The fraction of sp³-hybridized carbons (Fsp3) is 0.435. The molecule has 3 aromatic heterocycles. The molecule has 0 unspecified atom stereocenters. The van der Waals surface area contributed by atoms with Crippen LogP contribution in [-0.4, -0.2) is 54.6 Å². The number of ether oxygens (including phenoxy) is 4. The number of fused-ring (bicyclic) bond motifs is 2. The predicted molar refractivity (Wildman–Crippen MR) is 223 cm³/mol. The van der Waals surface area contributed by atoms with Crippen molar-refractivity contribution in [3.63, 3.8) is 0 Å². The molecule has 2 aliphatic rings. The van der Waals surface area contributed by atoms with E-state index in [9.17, 15) is 9.59 Å². The summed E-state index contributed by atoms with van der Waals surface area (Å²) in [6.07, 6.45) is 1.03. The molecule has 312 valence electrons. The first kappa shape index (κ1) is 41.5. The summed E-state index contributed by atoms with van der Waals surface area (Å²) in [4.78, 5) is 37.1. The van der Waals surface area contributed by atoms with Gasteiger partial charge in [0.1, 0.15) is 11.5 Å². The third-order valence-electron chi connectivity index (χ3n) is 11.3. The Hall–Kier alpha value is -5.66. The fourth-order valence-electron chi connectivity index (χ4n) is 8.46. The van der Waals surface area contributed by atoms with Crippen molar-refractivity contribution in [3.8, 4) is 11.8 Å². The molecule has 0 bridgehead atoms. The van der Waals surface area contributed by atoms with E-state index in [1.165, 1.54) is 30.2 Å². The van der Waals surface area contributed by atoms with Gasteiger partial charge in [0.25, 0.3) is 11.8 Å². The topological polar surface area (TPSA) is 150 Å². The largest absolute Gasteiger partial charge is 0.479 e. The first-order chi connectivity index (χ1) is 27.6. The minimum atomic E-state index is -0.532. The van der Waals surface area contributed by atoms with Crippen LogP contribution in [0, 0.1) is 13.8 Å². The van der Waals surface area contributed by atoms with Crippen LogP contribution in [0.15, 0.2) is 57.4 Å². The molecule has 13 nitrogen and oxygen atoms in total. The number of furan rings is 2. The average molecular weight is 806 g/mol. The van der Waals surface area contributed by atoms with Gasteiger partial charge in [-0.2, -0.15) is 9.97 Å². The maximum Gasteiger partial charge on any atom is 0.291 e. The lowest BCUT2D eigenvalue weighted by Gasteiger charge is -2.24. The highest BCUT2D eigenvalue weighted by Gasteiger charge is 2.44. The zero-order valence-corrected chi connectivity index (χ0v) is 36.3. The average Bonchev–Trinajstić information content (AvgIpc) is 3.90. The van der Waals surface area contributed by atoms with Gasteiger partial charge in [-0.1, -0.05) is 24.3 Å². The lowest BCUT2D eigenvalue weighted by molar-refractivity contribution is -0.105. The van der Waals surface area contributed by atoms with Crippen molar-refractivity contribution < 1.29 is 37.4 Å². The highest BCUT2D eigenvalue weighted by atomic mass is 16.5. The lowest BCUT2D eigenvalue weighted by atomic mass is 9.86. The molecule has 0 saturated carbocycles. The Balaban J connectivity index is 0.988. The normalized spacial score (nSPS) is 16.6. The third-order valence-corrected chi connectivity index (χ3v) is 11.3. The van der Waals surface area contributed by atoms with Crippen LogP contribution in [0.2, 0.25) is 0 Å². The molecule has 0 spiro atoms. The number of carbonyl (C=O) groups is 2. The molecule has 5 aromatic rings. The second-order valence-corrected chi connectivity index (χ2v) is 17.5. The standard InChI is InChI=1S/C46H55N5O8/c1-25-18-31-33(45(7,8)58-43(31,3)4)22-27(25)20-29-14-16-35(56-29)38(52)48-37-39(54-12)49-42(50-40(37)55-13)47-24-51(11)41(53)36-17-15-30(57-36)21-28-23-34-32(19-26(28)2)44(5,6)59-46(34,9)10/h14-19,22-23H,20-21,24H2,1-13H3,(H,48,52)(H,47,49,50). The van der Waals surface area contributed by atoms with Gasteiger partial charge in [-0.05, 0) is 138 Å². The van der Waals surface area contributed by atoms with E-state index in [1.54, 1.807) is 25.2 Å². The minimum Gasteiger partial charge on any atom is -0.479 e. The molecule has 0 radical (unpaired) electrons. The Morgan fingerprint density at radius 1 is 0.661 bits per heavy atom. The number of carbonyl (C=O) groups excluding carboxylic acids is 2. The number of anilines is 2. The summed E-state index contributed by atoms with van der Waals surface area (Å²) in [5.41, 5.74) is 7.68. The van der Waals surface area contributed by atoms with E-state index in [4.69, 9.17) is 27.8 Å². The van der Waals surface area contributed by atoms with E-state index in [1.807, 2.05) is 6.07 Å². The van der Waals surface area contributed by atoms with Gasteiger partial charge in [0.05, 0.1) is 43.3 Å². The molecule has 2 amide bonds. The minimum absolute atomic E-state index is 0.0306. The summed E-state index contributed by atoms with van der Waals surface area (Å²) < 4.78 is 35.8. The molecule has 59 heavy (non-hydrogen) atoms. The predicted octanol–water partition coefficient (Wildman–Crippen LogP) is 8.87. The Morgan fingerprint density at radius 3 is 1.54 bits per heavy atom. The van der Waals surface area contributed by atoms with Crippen LogP contribution >= 0.6 is 0 Å². The SMILES string of the molecule is COc1nc(NCN(C)C(=O)c2ccc(Cc3cc4c(cc3C)C(C)(C)OC4(C)C)o2)nc(OC)c1NC(=O)c1ccc(Cc2cc3c(cc2C)C(C)(C)OC3(C)C)o1. The highest BCUT2D eigenvalue weighted by Crippen LogP contribution is 2.49. The number of rotatable bonds is 12. The number of benzene rings is 2. The van der Waals surface area contributed by atoms with E-state index in [2.05, 4.69) is 114 Å². The van der Waals surface area contributed by atoms with Gasteiger partial charge in [0.15, 0.2) is 17.2 Å². The number of methoxy groups -OCH3 is 2. The smallest absolute Gasteiger partial charge is 0.291 e. The molecule has 2 aromatic carbocycles. The van der Waals surface area contributed by atoms with Crippen LogP contribution in [0.25, 0.3) is 0 Å². The van der Waals surface area contributed by atoms with Crippen molar-refractivity contribution in [2.75, 3.05) is 38.6 Å².